The van der Waals surface area contributed by atoms with Crippen LogP contribution in [0.15, 0.2) is 54.6 Å². The molecular formula is C18H20N2O. The van der Waals surface area contributed by atoms with E-state index in [9.17, 15) is 4.79 Å². The molecule has 3 nitrogen and oxygen atoms in total. The third-order valence-corrected chi connectivity index (χ3v) is 4.33. The highest BCUT2D eigenvalue weighted by Gasteiger charge is 2.41. The molecule has 1 atom stereocenters. The molecule has 2 aromatic rings. The van der Waals surface area contributed by atoms with Gasteiger partial charge < -0.3 is 5.73 Å². The van der Waals surface area contributed by atoms with E-state index in [1.165, 1.54) is 5.56 Å². The Morgan fingerprint density at radius 2 is 1.81 bits per heavy atom. The van der Waals surface area contributed by atoms with Crippen LogP contribution >= 0.6 is 0 Å². The van der Waals surface area contributed by atoms with Crippen LogP contribution in [-0.2, 0) is 23.3 Å². The first-order valence-corrected chi connectivity index (χ1v) is 7.40. The zero-order chi connectivity index (χ0) is 14.7. The molecule has 108 valence electrons. The van der Waals surface area contributed by atoms with E-state index in [0.29, 0.717) is 6.54 Å². The van der Waals surface area contributed by atoms with Crippen molar-refractivity contribution in [3.63, 3.8) is 0 Å². The van der Waals surface area contributed by atoms with Crippen molar-refractivity contribution in [1.29, 1.82) is 0 Å². The summed E-state index contributed by atoms with van der Waals surface area (Å²) in [6.07, 6.45) is 2.74. The van der Waals surface area contributed by atoms with Crippen LogP contribution in [0.25, 0.3) is 0 Å². The molecule has 0 aromatic heterocycles. The smallest absolute Gasteiger partial charge is 0.242 e. The van der Waals surface area contributed by atoms with Gasteiger partial charge in [0.05, 0.1) is 0 Å². The predicted molar refractivity (Wildman–Crippen MR) is 83.5 cm³/mol. The Morgan fingerprint density at radius 1 is 1.10 bits per heavy atom. The zero-order valence-corrected chi connectivity index (χ0v) is 12.0. The topological polar surface area (TPSA) is 55.1 Å². The Balaban J connectivity index is 1.93. The number of carbonyl (C=O) groups excluding carboxylic acids is 1. The maximum absolute atomic E-state index is 12.2. The highest BCUT2D eigenvalue weighted by Crippen LogP contribution is 2.35. The lowest BCUT2D eigenvalue weighted by Crippen LogP contribution is -2.54. The second-order valence-corrected chi connectivity index (χ2v) is 5.62. The average molecular weight is 280 g/mol. The molecule has 2 aromatic carbocycles. The fourth-order valence-electron chi connectivity index (χ4n) is 3.21. The zero-order valence-electron chi connectivity index (χ0n) is 12.0. The molecule has 0 radical (unpaired) electrons. The summed E-state index contributed by atoms with van der Waals surface area (Å²) < 4.78 is 0. The SMILES string of the molecule is NC(=O)C1(NCc2ccccc2)CCCc2ccccc21. The Labute approximate surface area is 125 Å². The van der Waals surface area contributed by atoms with Gasteiger partial charge in [-0.3, -0.25) is 10.1 Å². The van der Waals surface area contributed by atoms with Gasteiger partial charge in [-0.1, -0.05) is 54.6 Å². The maximum atomic E-state index is 12.2. The molecule has 3 rings (SSSR count). The number of carbonyl (C=O) groups is 1. The van der Waals surface area contributed by atoms with Crippen LogP contribution in [0, 0.1) is 0 Å². The van der Waals surface area contributed by atoms with Crippen LogP contribution in [0.2, 0.25) is 0 Å². The number of hydrogen-bond acceptors (Lipinski definition) is 2. The molecule has 0 saturated carbocycles. The van der Waals surface area contributed by atoms with E-state index >= 15 is 0 Å². The summed E-state index contributed by atoms with van der Waals surface area (Å²) in [7, 11) is 0. The van der Waals surface area contributed by atoms with Crippen molar-refractivity contribution < 1.29 is 4.79 Å². The minimum absolute atomic E-state index is 0.286. The first-order valence-electron chi connectivity index (χ1n) is 7.40. The monoisotopic (exact) mass is 280 g/mol. The lowest BCUT2D eigenvalue weighted by molar-refractivity contribution is -0.125. The van der Waals surface area contributed by atoms with Crippen molar-refractivity contribution in [1.82, 2.24) is 5.32 Å². The van der Waals surface area contributed by atoms with Crippen LogP contribution < -0.4 is 11.1 Å². The van der Waals surface area contributed by atoms with Gasteiger partial charge in [0, 0.05) is 6.54 Å². The molecule has 1 aliphatic carbocycles. The summed E-state index contributed by atoms with van der Waals surface area (Å²) in [5.41, 5.74) is 8.45. The molecule has 21 heavy (non-hydrogen) atoms. The number of nitrogens with one attached hydrogen (secondary N) is 1. The van der Waals surface area contributed by atoms with Gasteiger partial charge in [0.2, 0.25) is 5.91 Å². The van der Waals surface area contributed by atoms with E-state index in [0.717, 1.165) is 30.4 Å². The molecule has 0 spiro atoms. The van der Waals surface area contributed by atoms with E-state index in [1.54, 1.807) is 0 Å². The lowest BCUT2D eigenvalue weighted by atomic mass is 9.76. The van der Waals surface area contributed by atoms with Crippen LogP contribution in [0.5, 0.6) is 0 Å². The summed E-state index contributed by atoms with van der Waals surface area (Å²) in [6, 6.07) is 18.2. The molecule has 0 bridgehead atoms. The predicted octanol–water partition coefficient (Wildman–Crippen LogP) is 2.49. The first-order chi connectivity index (χ1) is 10.2. The molecule has 1 unspecified atom stereocenters. The summed E-state index contributed by atoms with van der Waals surface area (Å²) in [6.45, 7) is 0.637. The Bertz CT molecular complexity index is 639. The van der Waals surface area contributed by atoms with Crippen molar-refractivity contribution in [2.24, 2.45) is 5.73 Å². The number of rotatable bonds is 4. The minimum atomic E-state index is -0.745. The number of fused-ring (bicyclic) bond motifs is 1. The van der Waals surface area contributed by atoms with E-state index in [2.05, 4.69) is 23.5 Å². The number of aryl methyl sites for hydroxylation is 1. The highest BCUT2D eigenvalue weighted by atomic mass is 16.1. The van der Waals surface area contributed by atoms with Crippen LogP contribution in [0.3, 0.4) is 0 Å². The average Bonchev–Trinajstić information content (AvgIpc) is 2.53. The number of hydrogen-bond donors (Lipinski definition) is 2. The molecule has 3 N–H and O–H groups in total. The summed E-state index contributed by atoms with van der Waals surface area (Å²) >= 11 is 0. The number of nitrogens with two attached hydrogens (primary N) is 1. The largest absolute Gasteiger partial charge is 0.368 e. The van der Waals surface area contributed by atoms with Gasteiger partial charge in [0.25, 0.3) is 0 Å². The van der Waals surface area contributed by atoms with Crippen molar-refractivity contribution in [2.75, 3.05) is 0 Å². The molecule has 1 aliphatic rings. The Hall–Kier alpha value is -2.13. The third kappa shape index (κ3) is 2.57. The molecule has 0 heterocycles. The van der Waals surface area contributed by atoms with Gasteiger partial charge in [-0.05, 0) is 36.0 Å². The van der Waals surface area contributed by atoms with Gasteiger partial charge in [-0.15, -0.1) is 0 Å². The van der Waals surface area contributed by atoms with Gasteiger partial charge in [0.1, 0.15) is 5.54 Å². The van der Waals surface area contributed by atoms with E-state index in [4.69, 9.17) is 5.73 Å². The maximum Gasteiger partial charge on any atom is 0.242 e. The Morgan fingerprint density at radius 3 is 2.57 bits per heavy atom. The number of benzene rings is 2. The van der Waals surface area contributed by atoms with Gasteiger partial charge >= 0.3 is 0 Å². The second kappa shape index (κ2) is 5.70. The summed E-state index contributed by atoms with van der Waals surface area (Å²) in [4.78, 5) is 12.2. The standard InChI is InChI=1S/C18H20N2O/c19-17(21)18(20-13-14-7-2-1-3-8-14)12-6-10-15-9-4-5-11-16(15)18/h1-5,7-9,11,20H,6,10,12-13H2,(H2,19,21). The first kappa shape index (κ1) is 13.8. The molecule has 1 amide bonds. The van der Waals surface area contributed by atoms with Crippen molar-refractivity contribution >= 4 is 5.91 Å². The summed E-state index contributed by atoms with van der Waals surface area (Å²) in [5.74, 6) is -0.286. The van der Waals surface area contributed by atoms with Crippen LogP contribution in [0.1, 0.15) is 29.5 Å². The Kier molecular flexibility index (Phi) is 3.76. The number of primary amides is 1. The fraction of sp³-hybridized carbons (Fsp3) is 0.278. The third-order valence-electron chi connectivity index (χ3n) is 4.33. The quantitative estimate of drug-likeness (QED) is 0.904. The van der Waals surface area contributed by atoms with Crippen LogP contribution in [0.4, 0.5) is 0 Å². The van der Waals surface area contributed by atoms with E-state index < -0.39 is 5.54 Å². The molecular weight excluding hydrogens is 260 g/mol. The molecule has 0 aliphatic heterocycles. The molecule has 3 heteroatoms. The van der Waals surface area contributed by atoms with Crippen LogP contribution in [-0.4, -0.2) is 5.91 Å². The molecule has 0 fully saturated rings. The minimum Gasteiger partial charge on any atom is -0.368 e. The molecule has 0 saturated heterocycles. The van der Waals surface area contributed by atoms with E-state index in [-0.39, 0.29) is 5.91 Å². The van der Waals surface area contributed by atoms with Crippen molar-refractivity contribution in [3.05, 3.63) is 71.3 Å². The van der Waals surface area contributed by atoms with Gasteiger partial charge in [0.15, 0.2) is 0 Å². The summed E-state index contributed by atoms with van der Waals surface area (Å²) in [5, 5.41) is 3.43. The normalized spacial score (nSPS) is 20.8. The van der Waals surface area contributed by atoms with Gasteiger partial charge in [-0.25, -0.2) is 0 Å². The fourth-order valence-corrected chi connectivity index (χ4v) is 3.21. The van der Waals surface area contributed by atoms with Crippen molar-refractivity contribution in [3.8, 4) is 0 Å². The van der Waals surface area contributed by atoms with Crippen molar-refractivity contribution in [2.45, 2.75) is 31.3 Å². The number of amides is 1. The second-order valence-electron chi connectivity index (χ2n) is 5.62. The highest BCUT2D eigenvalue weighted by molar-refractivity contribution is 5.87. The lowest BCUT2D eigenvalue weighted by Gasteiger charge is -2.37. The van der Waals surface area contributed by atoms with Gasteiger partial charge in [-0.2, -0.15) is 0 Å². The van der Waals surface area contributed by atoms with E-state index in [1.807, 2.05) is 36.4 Å².